The molecule has 4 heteroatoms. The molecule has 9 rings (SSSR count). The van der Waals surface area contributed by atoms with Crippen molar-refractivity contribution in [2.75, 3.05) is 14.7 Å². The summed E-state index contributed by atoms with van der Waals surface area (Å²) in [6.07, 6.45) is 4.66. The highest BCUT2D eigenvalue weighted by molar-refractivity contribution is 6.96. The van der Waals surface area contributed by atoms with Gasteiger partial charge in [0.1, 0.15) is 0 Å². The van der Waals surface area contributed by atoms with Crippen LogP contribution in [0.15, 0.2) is 150 Å². The van der Waals surface area contributed by atoms with Crippen molar-refractivity contribution in [3.05, 3.63) is 178 Å². The molecule has 0 saturated carbocycles. The van der Waals surface area contributed by atoms with Gasteiger partial charge in [-0.2, -0.15) is 0 Å². The van der Waals surface area contributed by atoms with Crippen LogP contribution in [-0.2, 0) is 0 Å². The van der Waals surface area contributed by atoms with Gasteiger partial charge in [-0.25, -0.2) is 0 Å². The summed E-state index contributed by atoms with van der Waals surface area (Å²) >= 11 is 0. The predicted molar refractivity (Wildman–Crippen MR) is 223 cm³/mol. The van der Waals surface area contributed by atoms with E-state index in [0.29, 0.717) is 0 Å². The van der Waals surface area contributed by atoms with E-state index in [0.717, 1.165) is 29.9 Å². The number of fused-ring (bicyclic) bond motifs is 4. The molecule has 254 valence electrons. The monoisotopic (exact) mass is 673 g/mol. The minimum absolute atomic E-state index is 0.117. The Morgan fingerprint density at radius 2 is 1.08 bits per heavy atom. The first-order chi connectivity index (χ1) is 25.3. The molecule has 6 aromatic carbocycles. The minimum atomic E-state index is 0.117. The van der Waals surface area contributed by atoms with Gasteiger partial charge in [0.25, 0.3) is 6.71 Å². The van der Waals surface area contributed by atoms with Crippen molar-refractivity contribution >= 4 is 63.1 Å². The van der Waals surface area contributed by atoms with Crippen LogP contribution in [0, 0.1) is 34.6 Å². The van der Waals surface area contributed by atoms with Gasteiger partial charge in [0.15, 0.2) is 0 Å². The molecule has 6 aromatic rings. The Bertz CT molecular complexity index is 2430. The van der Waals surface area contributed by atoms with E-state index in [1.807, 2.05) is 0 Å². The van der Waals surface area contributed by atoms with Crippen molar-refractivity contribution in [3.8, 4) is 0 Å². The standard InChI is InChI=1S/C48H44BN3/c1-31-15-11-21-37(27-31)50(38-22-12-16-32(2)28-38)39-29-44-46-45(30-39)52(43-26-10-8-18-34(43)4)48-36(6)20-14-24-41(48)49(46)40-23-13-19-35(5)47(40)51(44)42-25-9-7-17-33(42)3/h7-13,15-19,21-30H,14,20H2,1-6H3. The number of aryl methyl sites for hydroxylation is 5. The molecule has 0 unspecified atom stereocenters. The number of allylic oxidation sites excluding steroid dienone is 3. The largest absolute Gasteiger partial charge is 0.311 e. The number of anilines is 8. The van der Waals surface area contributed by atoms with Gasteiger partial charge >= 0.3 is 0 Å². The Hall–Kier alpha value is -5.74. The first kappa shape index (κ1) is 32.2. The topological polar surface area (TPSA) is 9.72 Å². The molecule has 1 aliphatic carbocycles. The quantitative estimate of drug-likeness (QED) is 0.169. The number of para-hydroxylation sites is 3. The minimum Gasteiger partial charge on any atom is -0.311 e. The third kappa shape index (κ3) is 5.04. The fraction of sp³-hybridized carbons (Fsp3) is 0.167. The van der Waals surface area contributed by atoms with Gasteiger partial charge in [-0.05, 0) is 153 Å². The highest BCUT2D eigenvalue weighted by atomic mass is 15.2. The zero-order valence-corrected chi connectivity index (χ0v) is 31.0. The van der Waals surface area contributed by atoms with E-state index >= 15 is 0 Å². The second-order valence-corrected chi connectivity index (χ2v) is 14.9. The van der Waals surface area contributed by atoms with E-state index in [1.165, 1.54) is 83.9 Å². The van der Waals surface area contributed by atoms with Crippen molar-refractivity contribution in [3.63, 3.8) is 0 Å². The maximum Gasteiger partial charge on any atom is 0.251 e. The molecule has 0 spiro atoms. The summed E-state index contributed by atoms with van der Waals surface area (Å²) in [5.41, 5.74) is 22.9. The van der Waals surface area contributed by atoms with E-state index in [9.17, 15) is 0 Å². The van der Waals surface area contributed by atoms with Crippen LogP contribution in [0.25, 0.3) is 0 Å². The van der Waals surface area contributed by atoms with Crippen LogP contribution in [0.3, 0.4) is 0 Å². The average Bonchev–Trinajstić information content (AvgIpc) is 3.13. The lowest BCUT2D eigenvalue weighted by atomic mass is 9.31. The van der Waals surface area contributed by atoms with Gasteiger partial charge < -0.3 is 14.7 Å². The maximum atomic E-state index is 2.61. The van der Waals surface area contributed by atoms with Crippen LogP contribution in [0.2, 0.25) is 0 Å². The summed E-state index contributed by atoms with van der Waals surface area (Å²) < 4.78 is 0. The molecule has 0 amide bonds. The van der Waals surface area contributed by atoms with Crippen LogP contribution < -0.4 is 25.6 Å². The summed E-state index contributed by atoms with van der Waals surface area (Å²) in [5.74, 6) is 0. The van der Waals surface area contributed by atoms with Gasteiger partial charge in [0, 0.05) is 45.5 Å². The Labute approximate surface area is 309 Å². The predicted octanol–water partition coefficient (Wildman–Crippen LogP) is 11.8. The van der Waals surface area contributed by atoms with Crippen molar-refractivity contribution in [2.45, 2.75) is 54.4 Å². The van der Waals surface area contributed by atoms with E-state index in [-0.39, 0.29) is 6.71 Å². The Morgan fingerprint density at radius 3 is 1.69 bits per heavy atom. The number of hydrogen-bond acceptors (Lipinski definition) is 3. The summed E-state index contributed by atoms with van der Waals surface area (Å²) in [6.45, 7) is 13.6. The van der Waals surface area contributed by atoms with Gasteiger partial charge in [0.2, 0.25) is 0 Å². The lowest BCUT2D eigenvalue weighted by Gasteiger charge is -2.48. The van der Waals surface area contributed by atoms with Crippen molar-refractivity contribution in [1.82, 2.24) is 0 Å². The van der Waals surface area contributed by atoms with E-state index < -0.39 is 0 Å². The number of hydrogen-bond donors (Lipinski definition) is 0. The van der Waals surface area contributed by atoms with Crippen molar-refractivity contribution in [1.29, 1.82) is 0 Å². The molecule has 0 radical (unpaired) electrons. The average molecular weight is 674 g/mol. The molecular formula is C48H44BN3. The molecule has 52 heavy (non-hydrogen) atoms. The molecule has 0 fully saturated rings. The number of nitrogens with zero attached hydrogens (tertiary/aromatic N) is 3. The first-order valence-corrected chi connectivity index (χ1v) is 18.6. The van der Waals surface area contributed by atoms with Crippen molar-refractivity contribution in [2.24, 2.45) is 0 Å². The number of rotatable bonds is 5. The molecule has 0 bridgehead atoms. The summed E-state index contributed by atoms with van der Waals surface area (Å²) in [4.78, 5) is 7.64. The third-order valence-electron chi connectivity index (χ3n) is 11.3. The Balaban J connectivity index is 1.45. The fourth-order valence-corrected chi connectivity index (χ4v) is 8.93. The summed E-state index contributed by atoms with van der Waals surface area (Å²) in [6, 6.07) is 47.5. The SMILES string of the molecule is CC1=C2C(=CCC1)B1c3cccc(C)c3N(c3ccccc3C)c3cc(N(c4cccc(C)c4)c4cccc(C)c4)cc(c31)N2c1ccccc1C. The fourth-order valence-electron chi connectivity index (χ4n) is 8.93. The van der Waals surface area contributed by atoms with Crippen LogP contribution in [0.5, 0.6) is 0 Å². The Kier molecular flexibility index (Phi) is 7.73. The van der Waals surface area contributed by atoms with E-state index in [1.54, 1.807) is 0 Å². The third-order valence-corrected chi connectivity index (χ3v) is 11.3. The molecule has 3 nitrogen and oxygen atoms in total. The highest BCUT2D eigenvalue weighted by Crippen LogP contribution is 2.51. The summed E-state index contributed by atoms with van der Waals surface area (Å²) in [7, 11) is 0. The van der Waals surface area contributed by atoms with Crippen LogP contribution in [0.4, 0.5) is 45.5 Å². The molecule has 2 heterocycles. The van der Waals surface area contributed by atoms with E-state index in [4.69, 9.17) is 0 Å². The van der Waals surface area contributed by atoms with Crippen LogP contribution >= 0.6 is 0 Å². The lowest BCUT2D eigenvalue weighted by molar-refractivity contribution is 0.912. The second kappa shape index (κ2) is 12.5. The molecular weight excluding hydrogens is 629 g/mol. The summed E-state index contributed by atoms with van der Waals surface area (Å²) in [5, 5.41) is 0. The van der Waals surface area contributed by atoms with Gasteiger partial charge in [-0.15, -0.1) is 0 Å². The first-order valence-electron chi connectivity index (χ1n) is 18.6. The zero-order valence-electron chi connectivity index (χ0n) is 31.0. The molecule has 2 aliphatic heterocycles. The second-order valence-electron chi connectivity index (χ2n) is 14.9. The van der Waals surface area contributed by atoms with Gasteiger partial charge in [-0.3, -0.25) is 0 Å². The smallest absolute Gasteiger partial charge is 0.251 e. The number of benzene rings is 6. The molecule has 0 N–H and O–H groups in total. The highest BCUT2D eigenvalue weighted by Gasteiger charge is 2.47. The molecule has 0 aromatic heterocycles. The van der Waals surface area contributed by atoms with E-state index in [2.05, 4.69) is 190 Å². The Morgan fingerprint density at radius 1 is 0.519 bits per heavy atom. The molecule has 3 aliphatic rings. The van der Waals surface area contributed by atoms with Gasteiger partial charge in [-0.1, -0.05) is 84.9 Å². The normalized spacial score (nSPS) is 14.5. The van der Waals surface area contributed by atoms with Gasteiger partial charge in [0.05, 0.1) is 5.69 Å². The zero-order chi connectivity index (χ0) is 35.7. The lowest BCUT2D eigenvalue weighted by Crippen LogP contribution is -2.57. The van der Waals surface area contributed by atoms with Crippen LogP contribution in [-0.4, -0.2) is 6.71 Å². The molecule has 0 atom stereocenters. The van der Waals surface area contributed by atoms with Crippen molar-refractivity contribution < 1.29 is 0 Å². The maximum absolute atomic E-state index is 2.61. The molecule has 0 saturated heterocycles. The van der Waals surface area contributed by atoms with Crippen LogP contribution in [0.1, 0.15) is 47.6 Å².